The van der Waals surface area contributed by atoms with Gasteiger partial charge < -0.3 is 14.2 Å². The molecule has 0 saturated heterocycles. The van der Waals surface area contributed by atoms with E-state index in [4.69, 9.17) is 14.2 Å². The van der Waals surface area contributed by atoms with Gasteiger partial charge in [-0.3, -0.25) is 9.59 Å². The standard InChI is InChI=1S/C30H58O5/c1-7-29(5,8-2)34-26-22-18-17-21-25-33-27(31)23-19-15-13-11-12-14-16-20-24-28(32)35-30(6,9-3)10-4/h7-26H2,1-6H3. The first-order valence-electron chi connectivity index (χ1n) is 14.8. The van der Waals surface area contributed by atoms with Crippen LogP contribution in [-0.2, 0) is 23.8 Å². The zero-order valence-corrected chi connectivity index (χ0v) is 24.2. The van der Waals surface area contributed by atoms with E-state index in [0.717, 1.165) is 96.5 Å². The van der Waals surface area contributed by atoms with E-state index in [1.54, 1.807) is 0 Å². The molecule has 0 aliphatic carbocycles. The predicted molar refractivity (Wildman–Crippen MR) is 146 cm³/mol. The third kappa shape index (κ3) is 18.8. The molecule has 0 aliphatic heterocycles. The minimum Gasteiger partial charge on any atom is -0.466 e. The van der Waals surface area contributed by atoms with Gasteiger partial charge >= 0.3 is 11.9 Å². The van der Waals surface area contributed by atoms with Crippen LogP contribution in [0.3, 0.4) is 0 Å². The van der Waals surface area contributed by atoms with Gasteiger partial charge in [-0.1, -0.05) is 72.6 Å². The summed E-state index contributed by atoms with van der Waals surface area (Å²) < 4.78 is 17.0. The Bertz CT molecular complexity index is 523. The summed E-state index contributed by atoms with van der Waals surface area (Å²) in [6.07, 6.45) is 17.9. The Morgan fingerprint density at radius 2 is 0.914 bits per heavy atom. The average Bonchev–Trinajstić information content (AvgIpc) is 2.86. The molecule has 0 saturated carbocycles. The Morgan fingerprint density at radius 3 is 1.40 bits per heavy atom. The van der Waals surface area contributed by atoms with Crippen molar-refractivity contribution in [2.75, 3.05) is 13.2 Å². The SMILES string of the molecule is CCC(C)(CC)OCCCCCCOC(=O)CCCCCCCCCCC(=O)OC(C)(CC)CC. The molecule has 0 rings (SSSR count). The van der Waals surface area contributed by atoms with Crippen LogP contribution in [-0.4, -0.2) is 36.4 Å². The van der Waals surface area contributed by atoms with Gasteiger partial charge in [0.05, 0.1) is 12.2 Å². The van der Waals surface area contributed by atoms with E-state index in [0.29, 0.717) is 19.4 Å². The van der Waals surface area contributed by atoms with Crippen LogP contribution in [0.4, 0.5) is 0 Å². The van der Waals surface area contributed by atoms with Crippen molar-refractivity contribution in [2.24, 2.45) is 0 Å². The molecular formula is C30H58O5. The normalized spacial score (nSPS) is 12.1. The van der Waals surface area contributed by atoms with Gasteiger partial charge in [0.15, 0.2) is 0 Å². The van der Waals surface area contributed by atoms with Crippen molar-refractivity contribution >= 4 is 11.9 Å². The molecule has 35 heavy (non-hydrogen) atoms. The smallest absolute Gasteiger partial charge is 0.306 e. The number of carbonyl (C=O) groups is 2. The minimum absolute atomic E-state index is 0.0259. The van der Waals surface area contributed by atoms with Crippen LogP contribution >= 0.6 is 0 Å². The van der Waals surface area contributed by atoms with Gasteiger partial charge in [0.1, 0.15) is 5.60 Å². The van der Waals surface area contributed by atoms with E-state index in [9.17, 15) is 9.59 Å². The van der Waals surface area contributed by atoms with E-state index in [1.165, 1.54) is 12.8 Å². The number of rotatable bonds is 24. The molecule has 0 aromatic heterocycles. The second kappa shape index (κ2) is 21.0. The first-order chi connectivity index (χ1) is 16.7. The van der Waals surface area contributed by atoms with Crippen molar-refractivity contribution in [3.63, 3.8) is 0 Å². The Morgan fingerprint density at radius 1 is 0.514 bits per heavy atom. The molecule has 0 aliphatic rings. The van der Waals surface area contributed by atoms with E-state index >= 15 is 0 Å². The van der Waals surface area contributed by atoms with Gasteiger partial charge in [0.25, 0.3) is 0 Å². The Balaban J connectivity index is 3.44. The lowest BCUT2D eigenvalue weighted by Gasteiger charge is -2.27. The summed E-state index contributed by atoms with van der Waals surface area (Å²) in [6, 6.07) is 0. The average molecular weight is 499 g/mol. The maximum absolute atomic E-state index is 12.0. The fourth-order valence-corrected chi connectivity index (χ4v) is 3.91. The lowest BCUT2D eigenvalue weighted by atomic mass is 10.00. The predicted octanol–water partition coefficient (Wildman–Crippen LogP) is 8.71. The molecule has 0 aromatic rings. The van der Waals surface area contributed by atoms with Crippen molar-refractivity contribution < 1.29 is 23.8 Å². The first kappa shape index (κ1) is 33.9. The van der Waals surface area contributed by atoms with Gasteiger partial charge in [0.2, 0.25) is 0 Å². The van der Waals surface area contributed by atoms with Gasteiger partial charge in [-0.05, 0) is 71.6 Å². The number of carbonyl (C=O) groups excluding carboxylic acids is 2. The quantitative estimate of drug-likeness (QED) is 0.0983. The van der Waals surface area contributed by atoms with Crippen LogP contribution in [0.2, 0.25) is 0 Å². The summed E-state index contributed by atoms with van der Waals surface area (Å²) in [7, 11) is 0. The highest BCUT2D eigenvalue weighted by molar-refractivity contribution is 5.70. The Labute approximate surface area is 217 Å². The zero-order chi connectivity index (χ0) is 26.4. The number of ether oxygens (including phenoxy) is 3. The molecule has 0 amide bonds. The lowest BCUT2D eigenvalue weighted by molar-refractivity contribution is -0.159. The second-order valence-electron chi connectivity index (χ2n) is 10.6. The fourth-order valence-electron chi connectivity index (χ4n) is 3.91. The van der Waals surface area contributed by atoms with Crippen LogP contribution in [0.1, 0.15) is 157 Å². The summed E-state index contributed by atoms with van der Waals surface area (Å²) >= 11 is 0. The summed E-state index contributed by atoms with van der Waals surface area (Å²) in [5.41, 5.74) is -0.275. The molecule has 0 bridgehead atoms. The van der Waals surface area contributed by atoms with Gasteiger partial charge in [-0.15, -0.1) is 0 Å². The highest BCUT2D eigenvalue weighted by atomic mass is 16.6. The summed E-state index contributed by atoms with van der Waals surface area (Å²) in [5, 5.41) is 0. The van der Waals surface area contributed by atoms with Crippen molar-refractivity contribution in [3.05, 3.63) is 0 Å². The zero-order valence-electron chi connectivity index (χ0n) is 24.2. The number of unbranched alkanes of at least 4 members (excludes halogenated alkanes) is 10. The van der Waals surface area contributed by atoms with E-state index in [1.807, 2.05) is 6.92 Å². The highest BCUT2D eigenvalue weighted by Crippen LogP contribution is 2.21. The number of hydrogen-bond donors (Lipinski definition) is 0. The number of esters is 2. The van der Waals surface area contributed by atoms with Crippen molar-refractivity contribution in [1.29, 1.82) is 0 Å². The van der Waals surface area contributed by atoms with Crippen LogP contribution in [0.15, 0.2) is 0 Å². The van der Waals surface area contributed by atoms with Crippen LogP contribution in [0.5, 0.6) is 0 Å². The van der Waals surface area contributed by atoms with E-state index < -0.39 is 0 Å². The minimum atomic E-state index is -0.301. The Hall–Kier alpha value is -1.10. The van der Waals surface area contributed by atoms with Gasteiger partial charge in [0, 0.05) is 19.4 Å². The molecule has 0 aromatic carbocycles. The summed E-state index contributed by atoms with van der Waals surface area (Å²) in [5.74, 6) is -0.108. The van der Waals surface area contributed by atoms with E-state index in [-0.39, 0.29) is 23.1 Å². The maximum Gasteiger partial charge on any atom is 0.306 e. The van der Waals surface area contributed by atoms with Gasteiger partial charge in [-0.2, -0.15) is 0 Å². The molecule has 5 nitrogen and oxygen atoms in total. The van der Waals surface area contributed by atoms with Gasteiger partial charge in [-0.25, -0.2) is 0 Å². The molecule has 0 N–H and O–H groups in total. The molecule has 5 heteroatoms. The van der Waals surface area contributed by atoms with Crippen LogP contribution in [0.25, 0.3) is 0 Å². The molecule has 0 radical (unpaired) electrons. The molecule has 0 atom stereocenters. The molecule has 0 fully saturated rings. The molecule has 0 heterocycles. The Kier molecular flexibility index (Phi) is 20.4. The molecule has 0 spiro atoms. The van der Waals surface area contributed by atoms with E-state index in [2.05, 4.69) is 34.6 Å². The lowest BCUT2D eigenvalue weighted by Crippen LogP contribution is -2.29. The molecular weight excluding hydrogens is 440 g/mol. The monoisotopic (exact) mass is 498 g/mol. The van der Waals surface area contributed by atoms with Crippen LogP contribution in [0, 0.1) is 0 Å². The third-order valence-electron chi connectivity index (χ3n) is 7.62. The summed E-state index contributed by atoms with van der Waals surface area (Å²) in [4.78, 5) is 23.8. The highest BCUT2D eigenvalue weighted by Gasteiger charge is 2.24. The van der Waals surface area contributed by atoms with Crippen LogP contribution < -0.4 is 0 Å². The van der Waals surface area contributed by atoms with Crippen molar-refractivity contribution in [1.82, 2.24) is 0 Å². The first-order valence-corrected chi connectivity index (χ1v) is 14.8. The number of hydrogen-bond acceptors (Lipinski definition) is 5. The molecule has 0 unspecified atom stereocenters. The summed E-state index contributed by atoms with van der Waals surface area (Å²) in [6.45, 7) is 14.1. The van der Waals surface area contributed by atoms with Crippen molar-refractivity contribution in [3.8, 4) is 0 Å². The van der Waals surface area contributed by atoms with Crippen molar-refractivity contribution in [2.45, 2.75) is 168 Å². The third-order valence-corrected chi connectivity index (χ3v) is 7.62. The topological polar surface area (TPSA) is 61.8 Å². The maximum atomic E-state index is 12.0. The fraction of sp³-hybridized carbons (Fsp3) is 0.933. The second-order valence-corrected chi connectivity index (χ2v) is 10.6. The largest absolute Gasteiger partial charge is 0.466 e. The molecule has 208 valence electrons.